The van der Waals surface area contributed by atoms with Crippen LogP contribution < -0.4 is 5.32 Å². The summed E-state index contributed by atoms with van der Waals surface area (Å²) in [5.74, 6) is -0.0373. The SMILES string of the molecule is CC(=O)NCc1nccc2ccccc12. The van der Waals surface area contributed by atoms with Gasteiger partial charge in [0.2, 0.25) is 5.91 Å². The summed E-state index contributed by atoms with van der Waals surface area (Å²) in [6, 6.07) is 9.98. The number of hydrogen-bond acceptors (Lipinski definition) is 2. The number of fused-ring (bicyclic) bond motifs is 1. The van der Waals surface area contributed by atoms with Crippen molar-refractivity contribution in [3.8, 4) is 0 Å². The van der Waals surface area contributed by atoms with Gasteiger partial charge in [-0.2, -0.15) is 0 Å². The van der Waals surface area contributed by atoms with Gasteiger partial charge in [-0.25, -0.2) is 0 Å². The highest BCUT2D eigenvalue weighted by atomic mass is 16.1. The molecule has 0 aliphatic rings. The average molecular weight is 200 g/mol. The Labute approximate surface area is 88.1 Å². The summed E-state index contributed by atoms with van der Waals surface area (Å²) in [4.78, 5) is 15.1. The number of carbonyl (C=O) groups excluding carboxylic acids is 1. The molecule has 3 heteroatoms. The highest BCUT2D eigenvalue weighted by Crippen LogP contribution is 2.15. The Balaban J connectivity index is 2.38. The number of carbonyl (C=O) groups is 1. The van der Waals surface area contributed by atoms with E-state index in [1.807, 2.05) is 30.3 Å². The third-order valence-electron chi connectivity index (χ3n) is 2.26. The Bertz CT molecular complexity index is 488. The van der Waals surface area contributed by atoms with Crippen LogP contribution in [0.4, 0.5) is 0 Å². The second-order valence-electron chi connectivity index (χ2n) is 3.39. The lowest BCUT2D eigenvalue weighted by Gasteiger charge is -2.05. The van der Waals surface area contributed by atoms with E-state index in [2.05, 4.69) is 10.3 Å². The highest BCUT2D eigenvalue weighted by Gasteiger charge is 2.01. The number of aromatic nitrogens is 1. The van der Waals surface area contributed by atoms with Crippen molar-refractivity contribution in [1.29, 1.82) is 0 Å². The van der Waals surface area contributed by atoms with Crippen LogP contribution in [0.3, 0.4) is 0 Å². The molecule has 0 saturated heterocycles. The van der Waals surface area contributed by atoms with Crippen molar-refractivity contribution < 1.29 is 4.79 Å². The summed E-state index contributed by atoms with van der Waals surface area (Å²) >= 11 is 0. The van der Waals surface area contributed by atoms with Gasteiger partial charge in [-0.1, -0.05) is 24.3 Å². The molecule has 1 heterocycles. The number of pyridine rings is 1. The van der Waals surface area contributed by atoms with Gasteiger partial charge in [-0.3, -0.25) is 9.78 Å². The van der Waals surface area contributed by atoms with E-state index in [1.165, 1.54) is 6.92 Å². The van der Waals surface area contributed by atoms with E-state index >= 15 is 0 Å². The van der Waals surface area contributed by atoms with Crippen LogP contribution in [0, 0.1) is 0 Å². The van der Waals surface area contributed by atoms with Crippen LogP contribution in [0.5, 0.6) is 0 Å². The first-order chi connectivity index (χ1) is 7.27. The number of rotatable bonds is 2. The number of nitrogens with one attached hydrogen (secondary N) is 1. The molecule has 1 amide bonds. The summed E-state index contributed by atoms with van der Waals surface area (Å²) in [6.45, 7) is 1.99. The van der Waals surface area contributed by atoms with E-state index < -0.39 is 0 Å². The second kappa shape index (κ2) is 4.09. The van der Waals surface area contributed by atoms with Crippen LogP contribution in [0.25, 0.3) is 10.8 Å². The Morgan fingerprint density at radius 2 is 2.13 bits per heavy atom. The van der Waals surface area contributed by atoms with Gasteiger partial charge < -0.3 is 5.32 Å². The average Bonchev–Trinajstić information content (AvgIpc) is 2.26. The fraction of sp³-hybridized carbons (Fsp3) is 0.167. The van der Waals surface area contributed by atoms with E-state index in [0.29, 0.717) is 6.54 Å². The molecule has 0 atom stereocenters. The molecule has 3 nitrogen and oxygen atoms in total. The number of nitrogens with zero attached hydrogens (tertiary/aromatic N) is 1. The molecule has 0 fully saturated rings. The Morgan fingerprint density at radius 3 is 2.93 bits per heavy atom. The van der Waals surface area contributed by atoms with Gasteiger partial charge in [0.05, 0.1) is 12.2 Å². The fourth-order valence-electron chi connectivity index (χ4n) is 1.53. The van der Waals surface area contributed by atoms with Crippen LogP contribution in [-0.4, -0.2) is 10.9 Å². The lowest BCUT2D eigenvalue weighted by molar-refractivity contribution is -0.119. The molecule has 0 radical (unpaired) electrons. The van der Waals surface area contributed by atoms with E-state index in [4.69, 9.17) is 0 Å². The maximum Gasteiger partial charge on any atom is 0.217 e. The van der Waals surface area contributed by atoms with Crippen LogP contribution in [0.1, 0.15) is 12.6 Å². The maximum absolute atomic E-state index is 10.8. The third kappa shape index (κ3) is 2.13. The first-order valence-corrected chi connectivity index (χ1v) is 4.84. The standard InChI is InChI=1S/C12H12N2O/c1-9(15)14-8-12-11-5-3-2-4-10(11)6-7-13-12/h2-7H,8H2,1H3,(H,14,15). The van der Waals surface area contributed by atoms with E-state index in [0.717, 1.165) is 16.5 Å². The first kappa shape index (κ1) is 9.65. The van der Waals surface area contributed by atoms with Gasteiger partial charge in [0.15, 0.2) is 0 Å². The van der Waals surface area contributed by atoms with Crippen molar-refractivity contribution in [2.75, 3.05) is 0 Å². The highest BCUT2D eigenvalue weighted by molar-refractivity contribution is 5.84. The van der Waals surface area contributed by atoms with Crippen LogP contribution in [-0.2, 0) is 11.3 Å². The van der Waals surface area contributed by atoms with E-state index in [1.54, 1.807) is 6.20 Å². The minimum Gasteiger partial charge on any atom is -0.351 e. The largest absolute Gasteiger partial charge is 0.351 e. The smallest absolute Gasteiger partial charge is 0.217 e. The molecule has 1 N–H and O–H groups in total. The van der Waals surface area contributed by atoms with Crippen molar-refractivity contribution in [3.63, 3.8) is 0 Å². The van der Waals surface area contributed by atoms with Crippen LogP contribution >= 0.6 is 0 Å². The third-order valence-corrected chi connectivity index (χ3v) is 2.26. The number of amides is 1. The molecule has 2 rings (SSSR count). The van der Waals surface area contributed by atoms with Crippen molar-refractivity contribution in [3.05, 3.63) is 42.2 Å². The molecule has 1 aromatic carbocycles. The molecule has 0 aliphatic heterocycles. The molecular formula is C12H12N2O. The molecule has 0 bridgehead atoms. The zero-order chi connectivity index (χ0) is 10.7. The molecule has 2 aromatic rings. The maximum atomic E-state index is 10.8. The van der Waals surface area contributed by atoms with E-state index in [-0.39, 0.29) is 5.91 Å². The monoisotopic (exact) mass is 200 g/mol. The van der Waals surface area contributed by atoms with Crippen molar-refractivity contribution in [2.45, 2.75) is 13.5 Å². The van der Waals surface area contributed by atoms with Gasteiger partial charge in [-0.15, -0.1) is 0 Å². The zero-order valence-electron chi connectivity index (χ0n) is 8.53. The fourth-order valence-corrected chi connectivity index (χ4v) is 1.53. The van der Waals surface area contributed by atoms with Crippen molar-refractivity contribution in [2.24, 2.45) is 0 Å². The molecule has 0 saturated carbocycles. The van der Waals surface area contributed by atoms with Crippen molar-refractivity contribution in [1.82, 2.24) is 10.3 Å². The molecule has 0 aliphatic carbocycles. The zero-order valence-corrected chi connectivity index (χ0v) is 8.53. The van der Waals surface area contributed by atoms with E-state index in [9.17, 15) is 4.79 Å². The normalized spacial score (nSPS) is 10.2. The van der Waals surface area contributed by atoms with Gasteiger partial charge in [-0.05, 0) is 11.5 Å². The number of benzene rings is 1. The molecule has 15 heavy (non-hydrogen) atoms. The summed E-state index contributed by atoms with van der Waals surface area (Å²) in [6.07, 6.45) is 1.76. The minimum atomic E-state index is -0.0373. The predicted molar refractivity (Wildman–Crippen MR) is 59.3 cm³/mol. The summed E-state index contributed by atoms with van der Waals surface area (Å²) in [5.41, 5.74) is 0.906. The van der Waals surface area contributed by atoms with Crippen LogP contribution in [0.2, 0.25) is 0 Å². The molecule has 76 valence electrons. The summed E-state index contributed by atoms with van der Waals surface area (Å²) in [7, 11) is 0. The Kier molecular flexibility index (Phi) is 2.63. The Morgan fingerprint density at radius 1 is 1.33 bits per heavy atom. The van der Waals surface area contributed by atoms with Gasteiger partial charge in [0.25, 0.3) is 0 Å². The first-order valence-electron chi connectivity index (χ1n) is 4.84. The van der Waals surface area contributed by atoms with Gasteiger partial charge in [0.1, 0.15) is 0 Å². The molecule has 1 aromatic heterocycles. The molecular weight excluding hydrogens is 188 g/mol. The Hall–Kier alpha value is -1.90. The second-order valence-corrected chi connectivity index (χ2v) is 3.39. The lowest BCUT2D eigenvalue weighted by atomic mass is 10.1. The topological polar surface area (TPSA) is 42.0 Å². The van der Waals surface area contributed by atoms with Gasteiger partial charge >= 0.3 is 0 Å². The van der Waals surface area contributed by atoms with Gasteiger partial charge in [0, 0.05) is 18.5 Å². The van der Waals surface area contributed by atoms with Crippen molar-refractivity contribution >= 4 is 16.7 Å². The summed E-state index contributed by atoms with van der Waals surface area (Å²) < 4.78 is 0. The summed E-state index contributed by atoms with van der Waals surface area (Å²) in [5, 5.41) is 4.99. The minimum absolute atomic E-state index is 0.0373. The quantitative estimate of drug-likeness (QED) is 0.804. The predicted octanol–water partition coefficient (Wildman–Crippen LogP) is 1.87. The molecule has 0 unspecified atom stereocenters. The number of hydrogen-bond donors (Lipinski definition) is 1. The lowest BCUT2D eigenvalue weighted by Crippen LogP contribution is -2.19. The van der Waals surface area contributed by atoms with Crippen LogP contribution in [0.15, 0.2) is 36.5 Å². The molecule has 0 spiro atoms.